The van der Waals surface area contributed by atoms with Crippen LogP contribution in [0.2, 0.25) is 0 Å². The minimum atomic E-state index is -0.484. The second-order valence-corrected chi connectivity index (χ2v) is 7.79. The van der Waals surface area contributed by atoms with Crippen LogP contribution in [0.15, 0.2) is 24.3 Å². The van der Waals surface area contributed by atoms with E-state index >= 15 is 0 Å². The van der Waals surface area contributed by atoms with Crippen LogP contribution >= 0.6 is 0 Å². The molecule has 29 heavy (non-hydrogen) atoms. The Bertz CT molecular complexity index is 880. The molecule has 1 aromatic carbocycles. The van der Waals surface area contributed by atoms with Gasteiger partial charge in [0, 0.05) is 50.5 Å². The highest BCUT2D eigenvalue weighted by Gasteiger charge is 2.24. The van der Waals surface area contributed by atoms with Crippen LogP contribution in [0.4, 0.5) is 10.2 Å². The summed E-state index contributed by atoms with van der Waals surface area (Å²) >= 11 is 0. The number of piperazine rings is 1. The first kappa shape index (κ1) is 19.8. The highest BCUT2D eigenvalue weighted by atomic mass is 19.1. The highest BCUT2D eigenvalue weighted by Crippen LogP contribution is 2.28. The van der Waals surface area contributed by atoms with E-state index in [0.29, 0.717) is 6.54 Å². The Morgan fingerprint density at radius 3 is 2.66 bits per heavy atom. The molecular weight excluding hydrogens is 369 g/mol. The van der Waals surface area contributed by atoms with Crippen molar-refractivity contribution in [3.05, 3.63) is 52.7 Å². The Hall–Kier alpha value is -2.54. The van der Waals surface area contributed by atoms with E-state index < -0.39 is 5.82 Å². The highest BCUT2D eigenvalue weighted by molar-refractivity contribution is 5.94. The SMILES string of the molecule is Cc1nc2c(c(N3CCN(CCNC(=O)c4ccccc4F)CC3)n1)CCCC2. The molecule has 1 aliphatic heterocycles. The molecule has 0 saturated carbocycles. The van der Waals surface area contributed by atoms with Crippen molar-refractivity contribution in [3.63, 3.8) is 0 Å². The second kappa shape index (κ2) is 8.86. The fourth-order valence-corrected chi connectivity index (χ4v) is 4.21. The van der Waals surface area contributed by atoms with E-state index in [1.54, 1.807) is 12.1 Å². The molecule has 154 valence electrons. The zero-order valence-corrected chi connectivity index (χ0v) is 17.0. The number of nitrogens with one attached hydrogen (secondary N) is 1. The predicted octanol–water partition coefficient (Wildman–Crippen LogP) is 2.35. The first-order chi connectivity index (χ1) is 14.1. The van der Waals surface area contributed by atoms with Crippen LogP contribution in [0.3, 0.4) is 0 Å². The topological polar surface area (TPSA) is 61.4 Å². The van der Waals surface area contributed by atoms with Crippen molar-refractivity contribution >= 4 is 11.7 Å². The summed E-state index contributed by atoms with van der Waals surface area (Å²) in [5, 5.41) is 2.82. The van der Waals surface area contributed by atoms with E-state index in [-0.39, 0.29) is 11.5 Å². The van der Waals surface area contributed by atoms with E-state index in [1.165, 1.54) is 36.2 Å². The summed E-state index contributed by atoms with van der Waals surface area (Å²) in [5.74, 6) is 1.14. The van der Waals surface area contributed by atoms with E-state index in [2.05, 4.69) is 20.1 Å². The molecule has 7 heteroatoms. The van der Waals surface area contributed by atoms with Gasteiger partial charge in [-0.1, -0.05) is 12.1 Å². The third-order valence-electron chi connectivity index (χ3n) is 5.78. The van der Waals surface area contributed by atoms with Crippen LogP contribution in [0, 0.1) is 12.7 Å². The second-order valence-electron chi connectivity index (χ2n) is 7.79. The molecule has 0 spiro atoms. The zero-order chi connectivity index (χ0) is 20.2. The van der Waals surface area contributed by atoms with Crippen LogP contribution < -0.4 is 10.2 Å². The fourth-order valence-electron chi connectivity index (χ4n) is 4.21. The Labute approximate surface area is 171 Å². The zero-order valence-electron chi connectivity index (χ0n) is 17.0. The van der Waals surface area contributed by atoms with Crippen LogP contribution in [0.25, 0.3) is 0 Å². The van der Waals surface area contributed by atoms with Gasteiger partial charge in [-0.15, -0.1) is 0 Å². The number of benzene rings is 1. The smallest absolute Gasteiger partial charge is 0.254 e. The lowest BCUT2D eigenvalue weighted by Crippen LogP contribution is -2.49. The van der Waals surface area contributed by atoms with Gasteiger partial charge in [0.2, 0.25) is 0 Å². The number of rotatable bonds is 5. The molecule has 0 bridgehead atoms. The number of amides is 1. The van der Waals surface area contributed by atoms with Gasteiger partial charge in [-0.3, -0.25) is 9.69 Å². The van der Waals surface area contributed by atoms with Crippen molar-refractivity contribution < 1.29 is 9.18 Å². The summed E-state index contributed by atoms with van der Waals surface area (Å²) in [7, 11) is 0. The van der Waals surface area contributed by atoms with Crippen molar-refractivity contribution in [2.75, 3.05) is 44.2 Å². The summed E-state index contributed by atoms with van der Waals surface area (Å²) < 4.78 is 13.7. The van der Waals surface area contributed by atoms with Crippen LogP contribution in [-0.2, 0) is 12.8 Å². The Kier molecular flexibility index (Phi) is 6.04. The van der Waals surface area contributed by atoms with Gasteiger partial charge in [-0.2, -0.15) is 0 Å². The van der Waals surface area contributed by atoms with Crippen molar-refractivity contribution in [1.82, 2.24) is 20.2 Å². The van der Waals surface area contributed by atoms with E-state index in [0.717, 1.165) is 57.2 Å². The van der Waals surface area contributed by atoms with Gasteiger partial charge in [0.05, 0.1) is 5.56 Å². The lowest BCUT2D eigenvalue weighted by molar-refractivity contribution is 0.0943. The molecule has 1 aromatic heterocycles. The van der Waals surface area contributed by atoms with Crippen molar-refractivity contribution in [3.8, 4) is 0 Å². The summed E-state index contributed by atoms with van der Waals surface area (Å²) in [4.78, 5) is 26.3. The van der Waals surface area contributed by atoms with Crippen LogP contribution in [0.1, 0.15) is 40.3 Å². The number of halogens is 1. The van der Waals surface area contributed by atoms with Gasteiger partial charge in [0.1, 0.15) is 17.5 Å². The number of hydrogen-bond acceptors (Lipinski definition) is 5. The molecule has 2 aliphatic rings. The molecule has 1 saturated heterocycles. The summed E-state index contributed by atoms with van der Waals surface area (Å²) in [6.07, 6.45) is 4.57. The largest absolute Gasteiger partial charge is 0.354 e. The molecule has 1 amide bonds. The number of carbonyl (C=O) groups is 1. The number of nitrogens with zero attached hydrogens (tertiary/aromatic N) is 4. The summed E-state index contributed by atoms with van der Waals surface area (Å²) in [5.41, 5.74) is 2.67. The van der Waals surface area contributed by atoms with E-state index in [9.17, 15) is 9.18 Å². The Morgan fingerprint density at radius 1 is 1.10 bits per heavy atom. The first-order valence-electron chi connectivity index (χ1n) is 10.5. The lowest BCUT2D eigenvalue weighted by atomic mass is 9.96. The molecule has 2 aromatic rings. The molecule has 0 radical (unpaired) electrons. The van der Waals surface area contributed by atoms with Gasteiger partial charge < -0.3 is 10.2 Å². The minimum Gasteiger partial charge on any atom is -0.354 e. The summed E-state index contributed by atoms with van der Waals surface area (Å²) in [6, 6.07) is 6.07. The van der Waals surface area contributed by atoms with Gasteiger partial charge in [-0.05, 0) is 44.7 Å². The maximum Gasteiger partial charge on any atom is 0.254 e. The molecule has 1 fully saturated rings. The van der Waals surface area contributed by atoms with Crippen molar-refractivity contribution in [2.45, 2.75) is 32.6 Å². The van der Waals surface area contributed by atoms with Crippen LogP contribution in [-0.4, -0.2) is 60.0 Å². The Balaban J connectivity index is 1.29. The molecule has 4 rings (SSSR count). The normalized spacial score (nSPS) is 17.1. The van der Waals surface area contributed by atoms with E-state index in [4.69, 9.17) is 4.98 Å². The molecule has 1 N–H and O–H groups in total. The standard InChI is InChI=1S/C22H28FN5O/c1-16-25-20-9-5-3-7-18(20)21(26-16)28-14-12-27(13-15-28)11-10-24-22(29)17-6-2-4-8-19(17)23/h2,4,6,8H,3,5,7,9-15H2,1H3,(H,24,29). The maximum absolute atomic E-state index is 13.7. The maximum atomic E-state index is 13.7. The third-order valence-corrected chi connectivity index (χ3v) is 5.78. The predicted molar refractivity (Wildman–Crippen MR) is 111 cm³/mol. The quantitative estimate of drug-likeness (QED) is 0.839. The average Bonchev–Trinajstić information content (AvgIpc) is 2.74. The number of anilines is 1. The molecule has 6 nitrogen and oxygen atoms in total. The minimum absolute atomic E-state index is 0.0984. The number of aryl methyl sites for hydroxylation is 2. The average molecular weight is 397 g/mol. The van der Waals surface area contributed by atoms with Gasteiger partial charge in [0.15, 0.2) is 0 Å². The Morgan fingerprint density at radius 2 is 1.86 bits per heavy atom. The molecular formula is C22H28FN5O. The molecule has 1 aliphatic carbocycles. The van der Waals surface area contributed by atoms with Gasteiger partial charge >= 0.3 is 0 Å². The summed E-state index contributed by atoms with van der Waals surface area (Å²) in [6.45, 7) is 6.94. The molecule has 2 heterocycles. The van der Waals surface area contributed by atoms with E-state index in [1.807, 2.05) is 6.92 Å². The van der Waals surface area contributed by atoms with Crippen molar-refractivity contribution in [2.24, 2.45) is 0 Å². The fraction of sp³-hybridized carbons (Fsp3) is 0.500. The van der Waals surface area contributed by atoms with Crippen molar-refractivity contribution in [1.29, 1.82) is 0 Å². The van der Waals surface area contributed by atoms with Gasteiger partial charge in [-0.25, -0.2) is 14.4 Å². The monoisotopic (exact) mass is 397 g/mol. The van der Waals surface area contributed by atoms with Crippen LogP contribution in [0.5, 0.6) is 0 Å². The first-order valence-corrected chi connectivity index (χ1v) is 10.5. The molecule has 0 atom stereocenters. The number of fused-ring (bicyclic) bond motifs is 1. The number of aromatic nitrogens is 2. The van der Waals surface area contributed by atoms with Gasteiger partial charge in [0.25, 0.3) is 5.91 Å². The third kappa shape index (κ3) is 4.56. The molecule has 0 unspecified atom stereocenters. The lowest BCUT2D eigenvalue weighted by Gasteiger charge is -2.37. The number of hydrogen-bond donors (Lipinski definition) is 1. The number of carbonyl (C=O) groups excluding carboxylic acids is 1.